The van der Waals surface area contributed by atoms with Crippen molar-refractivity contribution < 1.29 is 24.5 Å². The van der Waals surface area contributed by atoms with Gasteiger partial charge < -0.3 is 20.3 Å². The monoisotopic (exact) mass is 848 g/mol. The summed E-state index contributed by atoms with van der Waals surface area (Å²) >= 11 is 0. The molecule has 0 radical (unpaired) electrons. The van der Waals surface area contributed by atoms with Crippen LogP contribution in [0.15, 0.2) is 97.2 Å². The van der Waals surface area contributed by atoms with Crippen molar-refractivity contribution in [2.45, 2.75) is 232 Å². The molecule has 0 aliphatic carbocycles. The Morgan fingerprint density at radius 3 is 1.54 bits per heavy atom. The fraction of sp³-hybridized carbons (Fsp3) is 0.673. The SMILES string of the molecule is CC/C=C/C=C/C=C\C=C/C=C/CCCC(CC(=O)NC(CO)C(O)CCCCCCCCCCCCCC)OC(=O)CCCCCC/C=C\C/C=C\C/C=C\CCCCC. The normalized spacial score (nSPS) is 14.1. The summed E-state index contributed by atoms with van der Waals surface area (Å²) < 4.78 is 5.88. The molecule has 0 rings (SSSR count). The van der Waals surface area contributed by atoms with Crippen LogP contribution in [-0.2, 0) is 14.3 Å². The molecule has 61 heavy (non-hydrogen) atoms. The summed E-state index contributed by atoms with van der Waals surface area (Å²) in [6.45, 7) is 6.27. The molecule has 3 N–H and O–H groups in total. The lowest BCUT2D eigenvalue weighted by molar-refractivity contribution is -0.151. The number of nitrogens with one attached hydrogen (secondary N) is 1. The van der Waals surface area contributed by atoms with Crippen LogP contribution in [0.2, 0.25) is 0 Å². The van der Waals surface area contributed by atoms with Gasteiger partial charge in [-0.2, -0.15) is 0 Å². The molecule has 3 unspecified atom stereocenters. The highest BCUT2D eigenvalue weighted by atomic mass is 16.5. The second kappa shape index (κ2) is 47.8. The second-order valence-electron chi connectivity index (χ2n) is 16.6. The van der Waals surface area contributed by atoms with Gasteiger partial charge in [-0.25, -0.2) is 0 Å². The van der Waals surface area contributed by atoms with E-state index in [1.807, 2.05) is 48.6 Å². The summed E-state index contributed by atoms with van der Waals surface area (Å²) in [7, 11) is 0. The van der Waals surface area contributed by atoms with Crippen molar-refractivity contribution in [1.82, 2.24) is 5.32 Å². The average molecular weight is 848 g/mol. The summed E-state index contributed by atoms with van der Waals surface area (Å²) in [6, 6.07) is -0.734. The van der Waals surface area contributed by atoms with Crippen molar-refractivity contribution in [2.75, 3.05) is 6.61 Å². The van der Waals surface area contributed by atoms with Crippen LogP contribution in [0.25, 0.3) is 0 Å². The predicted molar refractivity (Wildman–Crippen MR) is 264 cm³/mol. The Morgan fingerprint density at radius 2 is 0.967 bits per heavy atom. The summed E-state index contributed by atoms with van der Waals surface area (Å²) in [6.07, 6.45) is 63.2. The van der Waals surface area contributed by atoms with E-state index in [2.05, 4.69) is 74.7 Å². The number of amides is 1. The maximum absolute atomic E-state index is 13.2. The summed E-state index contributed by atoms with van der Waals surface area (Å²) in [5, 5.41) is 23.7. The highest BCUT2D eigenvalue weighted by Gasteiger charge is 2.24. The van der Waals surface area contributed by atoms with Crippen LogP contribution in [-0.4, -0.2) is 46.9 Å². The number of aliphatic hydroxyl groups excluding tert-OH is 2. The number of carbonyl (C=O) groups is 2. The lowest BCUT2D eigenvalue weighted by Gasteiger charge is -2.24. The molecule has 6 nitrogen and oxygen atoms in total. The fourth-order valence-electron chi connectivity index (χ4n) is 6.99. The largest absolute Gasteiger partial charge is 0.462 e. The van der Waals surface area contributed by atoms with E-state index in [1.54, 1.807) is 0 Å². The van der Waals surface area contributed by atoms with E-state index >= 15 is 0 Å². The molecule has 0 aromatic rings. The Morgan fingerprint density at radius 1 is 0.508 bits per heavy atom. The van der Waals surface area contributed by atoms with E-state index in [0.717, 1.165) is 83.5 Å². The van der Waals surface area contributed by atoms with E-state index in [4.69, 9.17) is 4.74 Å². The van der Waals surface area contributed by atoms with Gasteiger partial charge in [-0.15, -0.1) is 0 Å². The molecule has 0 aliphatic rings. The van der Waals surface area contributed by atoms with E-state index < -0.39 is 18.2 Å². The molecular formula is C55H93NO5. The van der Waals surface area contributed by atoms with Gasteiger partial charge in [0.2, 0.25) is 5.91 Å². The molecule has 1 amide bonds. The van der Waals surface area contributed by atoms with Crippen molar-refractivity contribution >= 4 is 11.9 Å². The van der Waals surface area contributed by atoms with Gasteiger partial charge in [-0.05, 0) is 77.0 Å². The fourth-order valence-corrected chi connectivity index (χ4v) is 6.99. The number of hydrogen-bond donors (Lipinski definition) is 3. The van der Waals surface area contributed by atoms with Crippen LogP contribution in [0.3, 0.4) is 0 Å². The topological polar surface area (TPSA) is 95.9 Å². The predicted octanol–water partition coefficient (Wildman–Crippen LogP) is 14.9. The minimum atomic E-state index is -0.815. The molecule has 0 aliphatic heterocycles. The molecule has 0 heterocycles. The Hall–Kier alpha value is -3.22. The van der Waals surface area contributed by atoms with Gasteiger partial charge in [0, 0.05) is 6.42 Å². The number of ether oxygens (including phenoxy) is 1. The highest BCUT2D eigenvalue weighted by molar-refractivity contribution is 5.77. The zero-order chi connectivity index (χ0) is 44.5. The summed E-state index contributed by atoms with van der Waals surface area (Å²) in [5.74, 6) is -0.580. The first-order chi connectivity index (χ1) is 30.0. The van der Waals surface area contributed by atoms with Gasteiger partial charge in [-0.1, -0.05) is 221 Å². The minimum absolute atomic E-state index is 0.0141. The van der Waals surface area contributed by atoms with E-state index in [1.165, 1.54) is 83.5 Å². The summed E-state index contributed by atoms with van der Waals surface area (Å²) in [5.41, 5.74) is 0. The molecule has 0 bridgehead atoms. The van der Waals surface area contributed by atoms with Gasteiger partial charge in [0.25, 0.3) is 0 Å². The quantitative estimate of drug-likeness (QED) is 0.0246. The molecular weight excluding hydrogens is 755 g/mol. The number of unbranched alkanes of at least 4 members (excludes halogenated alkanes) is 19. The molecule has 6 heteroatoms. The van der Waals surface area contributed by atoms with E-state index in [-0.39, 0.29) is 24.9 Å². The number of aliphatic hydroxyl groups is 2. The zero-order valence-electron chi connectivity index (χ0n) is 39.5. The smallest absolute Gasteiger partial charge is 0.306 e. The first-order valence-corrected chi connectivity index (χ1v) is 25.0. The minimum Gasteiger partial charge on any atom is -0.462 e. The van der Waals surface area contributed by atoms with Crippen LogP contribution in [0, 0.1) is 0 Å². The zero-order valence-corrected chi connectivity index (χ0v) is 39.5. The van der Waals surface area contributed by atoms with Crippen molar-refractivity contribution in [3.63, 3.8) is 0 Å². The number of carbonyl (C=O) groups excluding carboxylic acids is 2. The molecule has 0 saturated heterocycles. The third-order valence-corrected chi connectivity index (χ3v) is 10.8. The van der Waals surface area contributed by atoms with Crippen LogP contribution < -0.4 is 5.32 Å². The molecule has 0 saturated carbocycles. The molecule has 0 aromatic heterocycles. The first kappa shape index (κ1) is 57.8. The number of allylic oxidation sites excluding steroid dienone is 16. The van der Waals surface area contributed by atoms with Crippen molar-refractivity contribution in [2.24, 2.45) is 0 Å². The third-order valence-electron chi connectivity index (χ3n) is 10.8. The Labute approximate surface area is 376 Å². The van der Waals surface area contributed by atoms with Gasteiger partial charge in [0.05, 0.1) is 25.2 Å². The maximum Gasteiger partial charge on any atom is 0.306 e. The molecule has 348 valence electrons. The van der Waals surface area contributed by atoms with Gasteiger partial charge in [0.1, 0.15) is 6.10 Å². The van der Waals surface area contributed by atoms with E-state index in [0.29, 0.717) is 19.3 Å². The molecule has 3 atom stereocenters. The molecule has 0 spiro atoms. The maximum atomic E-state index is 13.2. The number of rotatable bonds is 43. The highest BCUT2D eigenvalue weighted by Crippen LogP contribution is 2.16. The van der Waals surface area contributed by atoms with Gasteiger partial charge in [-0.3, -0.25) is 9.59 Å². The first-order valence-electron chi connectivity index (χ1n) is 25.0. The van der Waals surface area contributed by atoms with Gasteiger partial charge in [0.15, 0.2) is 0 Å². The number of esters is 1. The van der Waals surface area contributed by atoms with Crippen molar-refractivity contribution in [3.8, 4) is 0 Å². The average Bonchev–Trinajstić information content (AvgIpc) is 3.25. The van der Waals surface area contributed by atoms with Crippen LogP contribution in [0.4, 0.5) is 0 Å². The Bertz CT molecular complexity index is 1220. The number of hydrogen-bond acceptors (Lipinski definition) is 5. The van der Waals surface area contributed by atoms with Crippen molar-refractivity contribution in [3.05, 3.63) is 97.2 Å². The van der Waals surface area contributed by atoms with E-state index in [9.17, 15) is 19.8 Å². The lowest BCUT2D eigenvalue weighted by Crippen LogP contribution is -2.46. The van der Waals surface area contributed by atoms with Crippen LogP contribution in [0.1, 0.15) is 213 Å². The summed E-state index contributed by atoms with van der Waals surface area (Å²) in [4.78, 5) is 26.1. The Kier molecular flexibility index (Phi) is 45.3. The second-order valence-corrected chi connectivity index (χ2v) is 16.6. The molecule has 0 aromatic carbocycles. The van der Waals surface area contributed by atoms with Crippen LogP contribution in [0.5, 0.6) is 0 Å². The Balaban J connectivity index is 4.74. The lowest BCUT2D eigenvalue weighted by atomic mass is 10.0. The van der Waals surface area contributed by atoms with Crippen molar-refractivity contribution in [1.29, 1.82) is 0 Å². The van der Waals surface area contributed by atoms with Crippen LogP contribution >= 0.6 is 0 Å². The third kappa shape index (κ3) is 43.2. The standard InChI is InChI=1S/C55H93NO5/c1-4-7-10-13-16-19-22-25-26-27-28-30-33-36-39-42-45-48-55(60)61-51(46-43-40-37-34-31-29-23-20-17-14-11-8-5-2)49-54(59)56-52(50-57)53(58)47-44-41-38-35-32-24-21-18-15-12-9-6-3/h8,11,14,16-17,19-20,23,25-26,28-31,34,37,51-53,57-58H,4-7,9-10,12-13,15,18,21-22,24,27,32-33,35-36,38-50H2,1-3H3,(H,56,59)/b11-8+,17-14+,19-16-,23-20-,26-25-,30-28-,31-29-,37-34+. The van der Waals surface area contributed by atoms with Gasteiger partial charge >= 0.3 is 5.97 Å². The molecule has 0 fully saturated rings.